The summed E-state index contributed by atoms with van der Waals surface area (Å²) in [7, 11) is -3.92. The van der Waals surface area contributed by atoms with Gasteiger partial charge in [0.2, 0.25) is 0 Å². The molecule has 1 amide bonds. The van der Waals surface area contributed by atoms with Gasteiger partial charge < -0.3 is 5.32 Å². The Balaban J connectivity index is 1.56. The van der Waals surface area contributed by atoms with Gasteiger partial charge in [-0.3, -0.25) is 4.79 Å². The normalized spacial score (nSPS) is 13.9. The monoisotopic (exact) mass is 483 g/mol. The second-order valence-electron chi connectivity index (χ2n) is 8.10. The van der Waals surface area contributed by atoms with Gasteiger partial charge in [0.25, 0.3) is 15.9 Å². The Morgan fingerprint density at radius 3 is 2.55 bits per heavy atom. The van der Waals surface area contributed by atoms with E-state index >= 15 is 0 Å². The zero-order chi connectivity index (χ0) is 23.3. The van der Waals surface area contributed by atoms with Crippen LogP contribution in [0, 0.1) is 12.7 Å². The first-order chi connectivity index (χ1) is 15.7. The van der Waals surface area contributed by atoms with Crippen molar-refractivity contribution in [2.45, 2.75) is 30.7 Å². The highest BCUT2D eigenvalue weighted by atomic mass is 35.5. The van der Waals surface area contributed by atoms with E-state index in [1.54, 1.807) is 31.2 Å². The number of hydrogen-bond acceptors (Lipinski definition) is 4. The first-order valence-electron chi connectivity index (χ1n) is 10.3. The fourth-order valence-corrected chi connectivity index (χ4v) is 5.08. The highest BCUT2D eigenvalue weighted by molar-refractivity contribution is 7.90. The van der Waals surface area contributed by atoms with Crippen molar-refractivity contribution >= 4 is 38.4 Å². The summed E-state index contributed by atoms with van der Waals surface area (Å²) in [6.45, 7) is 1.64. The van der Waals surface area contributed by atoms with E-state index in [2.05, 4.69) is 10.4 Å². The molecule has 1 aromatic heterocycles. The predicted molar refractivity (Wildman–Crippen MR) is 124 cm³/mol. The number of carbonyl (C=O) groups excluding carboxylic acids is 1. The number of fused-ring (bicyclic) bond motifs is 1. The van der Waals surface area contributed by atoms with Crippen LogP contribution in [0.3, 0.4) is 0 Å². The smallest absolute Gasteiger partial charge is 0.283 e. The van der Waals surface area contributed by atoms with E-state index < -0.39 is 15.8 Å². The average molecular weight is 484 g/mol. The largest absolute Gasteiger partial charge is 0.349 e. The summed E-state index contributed by atoms with van der Waals surface area (Å²) < 4.78 is 41.7. The highest BCUT2D eigenvalue weighted by Gasteiger charge is 2.25. The first kappa shape index (κ1) is 21.6. The molecule has 0 aliphatic heterocycles. The van der Waals surface area contributed by atoms with Crippen molar-refractivity contribution in [2.75, 3.05) is 0 Å². The molecule has 0 saturated heterocycles. The number of halogens is 2. The molecule has 0 spiro atoms. The quantitative estimate of drug-likeness (QED) is 0.436. The number of nitrogens with zero attached hydrogens (tertiary/aromatic N) is 2. The molecule has 0 radical (unpaired) electrons. The number of amides is 1. The summed E-state index contributed by atoms with van der Waals surface area (Å²) in [6.07, 6.45) is 3.32. The number of aromatic nitrogens is 2. The van der Waals surface area contributed by atoms with E-state index in [0.29, 0.717) is 32.6 Å². The Labute approximate surface area is 195 Å². The molecular formula is C24H19ClFN3O3S. The van der Waals surface area contributed by atoms with Gasteiger partial charge in [-0.15, -0.1) is 0 Å². The maximum absolute atomic E-state index is 14.6. The van der Waals surface area contributed by atoms with Gasteiger partial charge in [0, 0.05) is 22.0 Å². The van der Waals surface area contributed by atoms with E-state index in [4.69, 9.17) is 11.6 Å². The van der Waals surface area contributed by atoms with Crippen molar-refractivity contribution in [3.05, 3.63) is 82.8 Å². The second kappa shape index (κ2) is 7.97. The molecule has 3 aromatic carbocycles. The van der Waals surface area contributed by atoms with Crippen LogP contribution in [-0.2, 0) is 10.0 Å². The molecule has 0 bridgehead atoms. The number of rotatable bonds is 5. The van der Waals surface area contributed by atoms with Crippen LogP contribution in [0.1, 0.15) is 28.8 Å². The topological polar surface area (TPSA) is 81.1 Å². The maximum atomic E-state index is 14.6. The minimum Gasteiger partial charge on any atom is -0.349 e. The third-order valence-electron chi connectivity index (χ3n) is 5.70. The summed E-state index contributed by atoms with van der Waals surface area (Å²) in [4.78, 5) is 12.5. The van der Waals surface area contributed by atoms with Crippen LogP contribution in [0.2, 0.25) is 5.02 Å². The summed E-state index contributed by atoms with van der Waals surface area (Å²) in [5, 5.41) is 7.95. The van der Waals surface area contributed by atoms with Crippen molar-refractivity contribution in [3.63, 3.8) is 0 Å². The molecule has 1 saturated carbocycles. The molecule has 6 nitrogen and oxygen atoms in total. The van der Waals surface area contributed by atoms with E-state index in [0.717, 1.165) is 16.9 Å². The molecule has 1 N–H and O–H groups in total. The van der Waals surface area contributed by atoms with Crippen molar-refractivity contribution in [3.8, 4) is 11.1 Å². The van der Waals surface area contributed by atoms with Crippen LogP contribution in [0.15, 0.2) is 65.7 Å². The lowest BCUT2D eigenvalue weighted by atomic mass is 9.96. The molecule has 1 fully saturated rings. The van der Waals surface area contributed by atoms with Crippen LogP contribution < -0.4 is 5.32 Å². The van der Waals surface area contributed by atoms with Crippen LogP contribution in [-0.4, -0.2) is 29.6 Å². The van der Waals surface area contributed by atoms with Gasteiger partial charge in [0.1, 0.15) is 5.82 Å². The fraction of sp³-hybridized carbons (Fsp3) is 0.167. The van der Waals surface area contributed by atoms with Gasteiger partial charge in [-0.05, 0) is 85.0 Å². The van der Waals surface area contributed by atoms with Gasteiger partial charge >= 0.3 is 0 Å². The molecule has 4 aromatic rings. The van der Waals surface area contributed by atoms with Gasteiger partial charge in [-0.1, -0.05) is 17.7 Å². The Bertz CT molecular complexity index is 1510. The maximum Gasteiger partial charge on any atom is 0.283 e. The van der Waals surface area contributed by atoms with Crippen LogP contribution in [0.4, 0.5) is 4.39 Å². The molecule has 5 rings (SSSR count). The third-order valence-corrected chi connectivity index (χ3v) is 7.57. The lowest BCUT2D eigenvalue weighted by Crippen LogP contribution is -2.25. The Morgan fingerprint density at radius 1 is 1.12 bits per heavy atom. The summed E-state index contributed by atoms with van der Waals surface area (Å²) in [6, 6.07) is 14.0. The summed E-state index contributed by atoms with van der Waals surface area (Å²) in [5.41, 5.74) is 2.25. The molecule has 9 heteroatoms. The number of nitrogens with one attached hydrogen (secondary N) is 1. The minimum absolute atomic E-state index is 0.0632. The Hall–Kier alpha value is -3.23. The highest BCUT2D eigenvalue weighted by Crippen LogP contribution is 2.31. The molecule has 168 valence electrons. The van der Waals surface area contributed by atoms with Crippen LogP contribution in [0.5, 0.6) is 0 Å². The molecule has 1 aliphatic rings. The second-order valence-corrected chi connectivity index (χ2v) is 10.3. The molecule has 1 heterocycles. The summed E-state index contributed by atoms with van der Waals surface area (Å²) >= 11 is 5.87. The van der Waals surface area contributed by atoms with Gasteiger partial charge in [-0.2, -0.15) is 17.6 Å². The first-order valence-corrected chi connectivity index (χ1v) is 12.2. The summed E-state index contributed by atoms with van der Waals surface area (Å²) in [5.74, 6) is -0.782. The average Bonchev–Trinajstić information content (AvgIpc) is 3.50. The van der Waals surface area contributed by atoms with Crippen molar-refractivity contribution < 1.29 is 17.6 Å². The fourth-order valence-electron chi connectivity index (χ4n) is 3.68. The third kappa shape index (κ3) is 4.00. The zero-order valence-corrected chi connectivity index (χ0v) is 19.1. The minimum atomic E-state index is -3.92. The molecule has 0 atom stereocenters. The molecular weight excluding hydrogens is 465 g/mol. The van der Waals surface area contributed by atoms with E-state index in [1.807, 2.05) is 0 Å². The molecule has 0 unspecified atom stereocenters. The number of hydrogen-bond donors (Lipinski definition) is 1. The van der Waals surface area contributed by atoms with Crippen molar-refractivity contribution in [2.24, 2.45) is 0 Å². The predicted octanol–water partition coefficient (Wildman–Crippen LogP) is 4.93. The zero-order valence-electron chi connectivity index (χ0n) is 17.5. The lowest BCUT2D eigenvalue weighted by molar-refractivity contribution is 0.0950. The molecule has 1 aliphatic carbocycles. The van der Waals surface area contributed by atoms with E-state index in [-0.39, 0.29) is 22.4 Å². The lowest BCUT2D eigenvalue weighted by Gasteiger charge is -2.12. The Morgan fingerprint density at radius 2 is 1.85 bits per heavy atom. The van der Waals surface area contributed by atoms with Crippen molar-refractivity contribution in [1.82, 2.24) is 14.5 Å². The Kier molecular flexibility index (Phi) is 5.22. The van der Waals surface area contributed by atoms with Gasteiger partial charge in [0.05, 0.1) is 16.6 Å². The van der Waals surface area contributed by atoms with Gasteiger partial charge in [0.15, 0.2) is 0 Å². The van der Waals surface area contributed by atoms with Crippen LogP contribution in [0.25, 0.3) is 22.0 Å². The van der Waals surface area contributed by atoms with E-state index in [1.165, 1.54) is 36.5 Å². The number of carbonyl (C=O) groups is 1. The van der Waals surface area contributed by atoms with Gasteiger partial charge in [-0.25, -0.2) is 4.39 Å². The molecule has 33 heavy (non-hydrogen) atoms. The number of benzene rings is 3. The van der Waals surface area contributed by atoms with E-state index in [9.17, 15) is 17.6 Å². The SMILES string of the molecule is Cc1c(F)cc(C(=O)NC2CC2)cc1-c1ccc2c(cnn2S(=O)(=O)c2ccc(Cl)cc2)c1. The van der Waals surface area contributed by atoms with Crippen molar-refractivity contribution in [1.29, 1.82) is 0 Å². The van der Waals surface area contributed by atoms with Crippen LogP contribution >= 0.6 is 11.6 Å². The standard InChI is InChI=1S/C24H19ClFN3O3S/c1-14-21(11-16(12-22(14)26)24(30)28-19-5-6-19)15-2-9-23-17(10-15)13-27-29(23)33(31,32)20-7-3-18(25)4-8-20/h2-4,7-13,19H,5-6H2,1H3,(H,28,30).